The van der Waals surface area contributed by atoms with E-state index < -0.39 is 40.4 Å². The van der Waals surface area contributed by atoms with E-state index in [-0.39, 0.29) is 106 Å². The molecule has 1 N–H and O–H groups in total. The summed E-state index contributed by atoms with van der Waals surface area (Å²) >= 11 is 0. The van der Waals surface area contributed by atoms with Gasteiger partial charge in [-0.1, -0.05) is 26.0 Å². The number of hydrogen-bond donors (Lipinski definition) is 1. The van der Waals surface area contributed by atoms with Gasteiger partial charge in [-0.15, -0.1) is 0 Å². The van der Waals surface area contributed by atoms with E-state index in [9.17, 15) is 34.5 Å². The number of benzene rings is 2. The van der Waals surface area contributed by atoms with Crippen LogP contribution in [-0.2, 0) is 0 Å². The number of fused-ring (bicyclic) bond motifs is 2. The van der Waals surface area contributed by atoms with E-state index in [1.165, 1.54) is 36.4 Å². The number of carbonyl (C=O) groups excluding carboxylic acids is 2. The molecule has 38 heavy (non-hydrogen) atoms. The summed E-state index contributed by atoms with van der Waals surface area (Å²) in [6.45, 7) is 3.35. The fourth-order valence-electron chi connectivity index (χ4n) is 3.22. The third-order valence-electron chi connectivity index (χ3n) is 4.70. The maximum absolute atomic E-state index is 12.3. The minimum absolute atomic E-state index is 0. The van der Waals surface area contributed by atoms with Crippen LogP contribution in [0.5, 0.6) is 11.5 Å². The summed E-state index contributed by atoms with van der Waals surface area (Å²) in [6.07, 6.45) is -1.21. The molecule has 0 saturated heterocycles. The van der Waals surface area contributed by atoms with Crippen molar-refractivity contribution in [1.29, 1.82) is 0 Å². The van der Waals surface area contributed by atoms with Crippen LogP contribution >= 0.6 is 0 Å². The van der Waals surface area contributed by atoms with E-state index in [0.29, 0.717) is 0 Å². The Hall–Kier alpha value is -2.64. The summed E-state index contributed by atoms with van der Waals surface area (Å²) in [5.74, 6) is -4.44. The number of rotatable bonds is 8. The van der Waals surface area contributed by atoms with Crippen molar-refractivity contribution < 1.29 is 102 Å². The quantitative estimate of drug-likeness (QED) is 0.210. The van der Waals surface area contributed by atoms with E-state index in [1.54, 1.807) is 0 Å². The molecule has 13 heteroatoms. The number of carboxylic acid groups (broad SMARTS) is 2. The molecule has 0 bridgehead atoms. The Morgan fingerprint density at radius 1 is 0.789 bits per heavy atom. The smallest absolute Gasteiger partial charge is 0.542 e. The molecule has 0 aliphatic carbocycles. The summed E-state index contributed by atoms with van der Waals surface area (Å²) in [7, 11) is 0. The molecule has 0 unspecified atom stereocenters. The minimum atomic E-state index is -1.64. The minimum Gasteiger partial charge on any atom is -0.542 e. The predicted octanol–water partition coefficient (Wildman–Crippen LogP) is -5.52. The second-order valence-electron chi connectivity index (χ2n) is 7.06. The van der Waals surface area contributed by atoms with Crippen LogP contribution in [-0.4, -0.2) is 36.4 Å². The summed E-state index contributed by atoms with van der Waals surface area (Å²) in [5.41, 5.74) is -1.40. The molecule has 0 atom stereocenters. The van der Waals surface area contributed by atoms with E-state index in [2.05, 4.69) is 0 Å². The van der Waals surface area contributed by atoms with Crippen LogP contribution in [0.4, 0.5) is 0 Å². The second-order valence-corrected chi connectivity index (χ2v) is 7.06. The molecule has 2 aromatic heterocycles. The molecule has 4 aromatic rings. The Bertz CT molecular complexity index is 1430. The first kappa shape index (κ1) is 33.4. The van der Waals surface area contributed by atoms with Crippen LogP contribution in [0, 0.1) is 0 Å². The Balaban J connectivity index is 0.00000176. The van der Waals surface area contributed by atoms with Gasteiger partial charge in [-0.2, -0.15) is 0 Å². The molecule has 4 rings (SSSR count). The van der Waals surface area contributed by atoms with E-state index >= 15 is 0 Å². The van der Waals surface area contributed by atoms with Gasteiger partial charge >= 0.3 is 59.1 Å². The fraction of sp³-hybridized carbons (Fsp3) is 0.200. The number of hydrogen-bond acceptors (Lipinski definition) is 11. The molecular formula is C25H20Na2O11. The number of aromatic carboxylic acids is 2. The Labute approximate surface area is 259 Å². The monoisotopic (exact) mass is 542 g/mol. The zero-order valence-corrected chi connectivity index (χ0v) is 25.1. The van der Waals surface area contributed by atoms with Crippen molar-refractivity contribution in [2.45, 2.75) is 20.0 Å². The Kier molecular flexibility index (Phi) is 13.2. The maximum Gasteiger partial charge on any atom is 1.00 e. The van der Waals surface area contributed by atoms with Crippen LogP contribution in [0.2, 0.25) is 0 Å². The molecule has 0 saturated carbocycles. The zero-order chi connectivity index (χ0) is 26.4. The van der Waals surface area contributed by atoms with E-state index in [4.69, 9.17) is 18.3 Å². The molecule has 188 valence electrons. The van der Waals surface area contributed by atoms with Gasteiger partial charge in [0.15, 0.2) is 22.4 Å². The zero-order valence-electron chi connectivity index (χ0n) is 21.1. The molecule has 0 fully saturated rings. The van der Waals surface area contributed by atoms with Crippen molar-refractivity contribution in [3.8, 4) is 11.5 Å². The first-order chi connectivity index (χ1) is 17.2. The molecule has 0 amide bonds. The van der Waals surface area contributed by atoms with E-state index in [1.807, 2.05) is 13.8 Å². The maximum atomic E-state index is 12.3. The fourth-order valence-corrected chi connectivity index (χ4v) is 3.22. The first-order valence-corrected chi connectivity index (χ1v) is 10.7. The van der Waals surface area contributed by atoms with Gasteiger partial charge in [0.1, 0.15) is 64.7 Å². The van der Waals surface area contributed by atoms with Crippen LogP contribution in [0.1, 0.15) is 35.0 Å². The van der Waals surface area contributed by atoms with Crippen molar-refractivity contribution in [2.24, 2.45) is 0 Å². The van der Waals surface area contributed by atoms with Crippen LogP contribution in [0.3, 0.4) is 0 Å². The summed E-state index contributed by atoms with van der Waals surface area (Å²) < 4.78 is 21.2. The van der Waals surface area contributed by atoms with Crippen molar-refractivity contribution in [3.63, 3.8) is 0 Å². The largest absolute Gasteiger partial charge is 1.00 e. The third-order valence-corrected chi connectivity index (χ3v) is 4.70. The number of ether oxygens (including phenoxy) is 2. The summed E-state index contributed by atoms with van der Waals surface area (Å²) in [6, 6.07) is 10.1. The average Bonchev–Trinajstić information content (AvgIpc) is 2.86. The van der Waals surface area contributed by atoms with Crippen LogP contribution in [0.25, 0.3) is 21.9 Å². The van der Waals surface area contributed by atoms with Gasteiger partial charge in [0.25, 0.3) is 0 Å². The first-order valence-electron chi connectivity index (χ1n) is 10.7. The summed E-state index contributed by atoms with van der Waals surface area (Å²) in [4.78, 5) is 46.5. The second kappa shape index (κ2) is 15.1. The summed E-state index contributed by atoms with van der Waals surface area (Å²) in [5, 5.41) is 32.1. The van der Waals surface area contributed by atoms with E-state index in [0.717, 1.165) is 12.1 Å². The van der Waals surface area contributed by atoms with Crippen LogP contribution in [0.15, 0.2) is 67.0 Å². The molecule has 0 aliphatic heterocycles. The molecule has 0 spiro atoms. The molecule has 2 aromatic carbocycles. The van der Waals surface area contributed by atoms with Crippen molar-refractivity contribution in [3.05, 3.63) is 80.5 Å². The molecule has 0 radical (unpaired) electrons. The SMILES string of the molecule is CC.O=C([O-])c1cc(=O)c2c(OCC(O)COc3cccc4oc(C(=O)[O-])cc(=O)c34)cccc2o1.[Na+].[Na+]. The number of carbonyl (C=O) groups is 2. The van der Waals surface area contributed by atoms with Gasteiger partial charge in [-0.25, -0.2) is 0 Å². The van der Waals surface area contributed by atoms with Gasteiger partial charge in [0.2, 0.25) is 0 Å². The standard InChI is InChI=1S/C23H16O11.C2H6.2Na/c24-11(9-31-14-3-1-5-16-20(14)12(25)7-18(33-16)22(27)28)10-32-15-4-2-6-17-21(15)13(26)8-19(34-17)23(29)30;1-2;;/h1-8,11,24H,9-10H2,(H,27,28)(H,29,30);1-2H3;;/q;;2*+1/p-2. The topological polar surface area (TPSA) is 179 Å². The average molecular weight is 542 g/mol. The number of carboxylic acids is 2. The normalized spacial score (nSPS) is 10.1. The van der Waals surface area contributed by atoms with Gasteiger partial charge < -0.3 is 43.2 Å². The van der Waals surface area contributed by atoms with Gasteiger partial charge in [0, 0.05) is 12.1 Å². The van der Waals surface area contributed by atoms with Crippen molar-refractivity contribution in [2.75, 3.05) is 13.2 Å². The van der Waals surface area contributed by atoms with Crippen LogP contribution < -0.4 is 89.7 Å². The van der Waals surface area contributed by atoms with Gasteiger partial charge in [0.05, 0.1) is 0 Å². The molecule has 0 aliphatic rings. The molecule has 11 nitrogen and oxygen atoms in total. The van der Waals surface area contributed by atoms with Gasteiger partial charge in [-0.05, 0) is 24.3 Å². The molecular weight excluding hydrogens is 522 g/mol. The molecule has 2 heterocycles. The van der Waals surface area contributed by atoms with Gasteiger partial charge in [-0.3, -0.25) is 9.59 Å². The number of aliphatic hydroxyl groups excluding tert-OH is 1. The number of aliphatic hydroxyl groups is 1. The van der Waals surface area contributed by atoms with Crippen molar-refractivity contribution >= 4 is 33.9 Å². The van der Waals surface area contributed by atoms with Crippen molar-refractivity contribution in [1.82, 2.24) is 0 Å². The Morgan fingerprint density at radius 2 is 1.16 bits per heavy atom. The Morgan fingerprint density at radius 3 is 1.50 bits per heavy atom. The predicted molar refractivity (Wildman–Crippen MR) is 122 cm³/mol. The third kappa shape index (κ3) is 7.70.